The molecule has 0 aromatic heterocycles. The van der Waals surface area contributed by atoms with Gasteiger partial charge in [-0.05, 0) is 34.0 Å². The van der Waals surface area contributed by atoms with Crippen LogP contribution in [0.2, 0.25) is 0 Å². The fourth-order valence-electron chi connectivity index (χ4n) is 1.90. The van der Waals surface area contributed by atoms with Crippen molar-refractivity contribution in [2.24, 2.45) is 0 Å². The largest absolute Gasteiger partial charge is 0.399 e. The van der Waals surface area contributed by atoms with Gasteiger partial charge in [0.15, 0.2) is 0 Å². The van der Waals surface area contributed by atoms with Crippen molar-refractivity contribution >= 4 is 16.5 Å². The maximum Gasteiger partial charge on any atom is 0.0629 e. The average molecular weight is 224 g/mol. The van der Waals surface area contributed by atoms with E-state index in [-0.39, 0.29) is 35.8 Å². The fourth-order valence-corrected chi connectivity index (χ4v) is 1.90. The molecule has 3 rings (SSSR count). The van der Waals surface area contributed by atoms with Crippen LogP contribution in [-0.2, 0) is 0 Å². The third kappa shape index (κ3) is 1.76. The Kier molecular flexibility index (Phi) is 1.36. The van der Waals surface area contributed by atoms with Crippen LogP contribution in [0.25, 0.3) is 21.9 Å². The van der Waals surface area contributed by atoms with Crippen molar-refractivity contribution in [3.05, 3.63) is 66.6 Å². The summed E-state index contributed by atoms with van der Waals surface area (Å²) in [6.45, 7) is 0. The standard InChI is InChI=1S/C16H13N/c17-14-9-10-16-13(11-14)7-4-8-15(16)12-5-2-1-3-6-12/h1-11H,17H2/i1D,2D,3D,5D,6D. The zero-order valence-corrected chi connectivity index (χ0v) is 9.04. The molecule has 0 amide bonds. The molecule has 0 atom stereocenters. The number of rotatable bonds is 1. The first-order chi connectivity index (χ1) is 10.4. The zero-order valence-electron chi connectivity index (χ0n) is 14.0. The number of benzene rings is 3. The van der Waals surface area contributed by atoms with E-state index in [4.69, 9.17) is 12.6 Å². The SMILES string of the molecule is [2H]c1c([2H])c([2H])c(-c2cccc3cc(N)ccc23)c([2H])c1[2H]. The smallest absolute Gasteiger partial charge is 0.0629 e. The molecular formula is C16H13N. The Morgan fingerprint density at radius 1 is 0.941 bits per heavy atom. The van der Waals surface area contributed by atoms with Crippen molar-refractivity contribution in [2.45, 2.75) is 0 Å². The third-order valence-electron chi connectivity index (χ3n) is 2.67. The minimum atomic E-state index is -0.386. The van der Waals surface area contributed by atoms with Crippen molar-refractivity contribution in [3.8, 4) is 11.1 Å². The summed E-state index contributed by atoms with van der Waals surface area (Å²) in [5.41, 5.74) is 7.21. The Morgan fingerprint density at radius 3 is 2.59 bits per heavy atom. The molecule has 0 heterocycles. The van der Waals surface area contributed by atoms with E-state index in [1.54, 1.807) is 30.3 Å². The minimum Gasteiger partial charge on any atom is -0.399 e. The molecule has 17 heavy (non-hydrogen) atoms. The predicted molar refractivity (Wildman–Crippen MR) is 73.8 cm³/mol. The molecule has 0 aliphatic rings. The molecule has 0 bridgehead atoms. The summed E-state index contributed by atoms with van der Waals surface area (Å²) in [6, 6.07) is 9.32. The Bertz CT molecular complexity index is 876. The normalized spacial score (nSPS) is 14.7. The van der Waals surface area contributed by atoms with E-state index in [1.807, 2.05) is 6.07 Å². The Hall–Kier alpha value is -2.28. The molecular weight excluding hydrogens is 206 g/mol. The first-order valence-corrected chi connectivity index (χ1v) is 5.27. The summed E-state index contributed by atoms with van der Waals surface area (Å²) in [7, 11) is 0. The molecule has 0 radical (unpaired) electrons. The van der Waals surface area contributed by atoms with E-state index in [9.17, 15) is 0 Å². The lowest BCUT2D eigenvalue weighted by molar-refractivity contribution is 1.65. The summed E-state index contributed by atoms with van der Waals surface area (Å²) in [6.07, 6.45) is 0. The van der Waals surface area contributed by atoms with Gasteiger partial charge in [-0.1, -0.05) is 54.5 Å². The van der Waals surface area contributed by atoms with Gasteiger partial charge < -0.3 is 5.73 Å². The van der Waals surface area contributed by atoms with Crippen molar-refractivity contribution in [3.63, 3.8) is 0 Å². The summed E-state index contributed by atoms with van der Waals surface area (Å²) in [5.74, 6) is 0. The van der Waals surface area contributed by atoms with Gasteiger partial charge in [-0.15, -0.1) is 0 Å². The van der Waals surface area contributed by atoms with Crippen LogP contribution in [0.3, 0.4) is 0 Å². The van der Waals surface area contributed by atoms with Gasteiger partial charge >= 0.3 is 0 Å². The molecule has 0 aliphatic heterocycles. The topological polar surface area (TPSA) is 26.0 Å². The van der Waals surface area contributed by atoms with Crippen LogP contribution < -0.4 is 5.73 Å². The summed E-state index contributed by atoms with van der Waals surface area (Å²) in [5, 5.41) is 1.67. The van der Waals surface area contributed by atoms with Crippen LogP contribution in [0, 0.1) is 0 Å². The van der Waals surface area contributed by atoms with E-state index in [0.717, 1.165) is 10.8 Å². The maximum absolute atomic E-state index is 8.09. The van der Waals surface area contributed by atoms with Crippen molar-refractivity contribution in [1.82, 2.24) is 0 Å². The molecule has 3 aromatic rings. The average Bonchev–Trinajstić information content (AvgIpc) is 2.51. The maximum atomic E-state index is 8.09. The highest BCUT2D eigenvalue weighted by Gasteiger charge is 2.02. The number of hydrogen-bond donors (Lipinski definition) is 1. The summed E-state index contributed by atoms with van der Waals surface area (Å²) < 4.78 is 39.5. The molecule has 1 nitrogen and oxygen atoms in total. The monoisotopic (exact) mass is 224 g/mol. The molecule has 0 saturated carbocycles. The van der Waals surface area contributed by atoms with E-state index in [2.05, 4.69) is 0 Å². The van der Waals surface area contributed by atoms with Crippen molar-refractivity contribution in [2.75, 3.05) is 5.73 Å². The zero-order chi connectivity index (χ0) is 16.0. The minimum absolute atomic E-state index is 0.199. The van der Waals surface area contributed by atoms with E-state index in [1.165, 1.54) is 0 Å². The van der Waals surface area contributed by atoms with Crippen LogP contribution in [0.5, 0.6) is 0 Å². The van der Waals surface area contributed by atoms with Crippen LogP contribution in [0.4, 0.5) is 5.69 Å². The van der Waals surface area contributed by atoms with Gasteiger partial charge in [-0.2, -0.15) is 0 Å². The number of nitrogens with two attached hydrogens (primary N) is 1. The van der Waals surface area contributed by atoms with E-state index < -0.39 is 0 Å². The summed E-state index contributed by atoms with van der Waals surface area (Å²) >= 11 is 0. The Labute approximate surface area is 108 Å². The Morgan fingerprint density at radius 2 is 1.76 bits per heavy atom. The fraction of sp³-hybridized carbons (Fsp3) is 0. The first-order valence-electron chi connectivity index (χ1n) is 7.77. The predicted octanol–water partition coefficient (Wildman–Crippen LogP) is 4.09. The van der Waals surface area contributed by atoms with Crippen molar-refractivity contribution < 1.29 is 6.85 Å². The van der Waals surface area contributed by atoms with Gasteiger partial charge in [0, 0.05) is 5.69 Å². The number of fused-ring (bicyclic) bond motifs is 1. The molecule has 0 aliphatic carbocycles. The number of anilines is 1. The van der Waals surface area contributed by atoms with Gasteiger partial charge in [0.25, 0.3) is 0 Å². The molecule has 0 fully saturated rings. The van der Waals surface area contributed by atoms with Crippen molar-refractivity contribution in [1.29, 1.82) is 0 Å². The molecule has 0 unspecified atom stereocenters. The second-order valence-electron chi connectivity index (χ2n) is 3.79. The molecule has 2 N–H and O–H groups in total. The van der Waals surface area contributed by atoms with Crippen LogP contribution in [-0.4, -0.2) is 0 Å². The highest BCUT2D eigenvalue weighted by Crippen LogP contribution is 2.29. The lowest BCUT2D eigenvalue weighted by atomic mass is 9.98. The number of nitrogen functional groups attached to an aromatic ring is 1. The first kappa shape index (κ1) is 5.87. The molecule has 3 aromatic carbocycles. The van der Waals surface area contributed by atoms with E-state index >= 15 is 0 Å². The quantitative estimate of drug-likeness (QED) is 0.619. The molecule has 1 heteroatoms. The van der Waals surface area contributed by atoms with Crippen LogP contribution in [0.15, 0.2) is 66.6 Å². The van der Waals surface area contributed by atoms with Gasteiger partial charge in [0.1, 0.15) is 0 Å². The number of hydrogen-bond acceptors (Lipinski definition) is 1. The Balaban J connectivity index is 2.43. The van der Waals surface area contributed by atoms with Gasteiger partial charge in [0.05, 0.1) is 6.85 Å². The third-order valence-corrected chi connectivity index (χ3v) is 2.67. The molecule has 0 spiro atoms. The highest BCUT2D eigenvalue weighted by atomic mass is 14.5. The van der Waals surface area contributed by atoms with Gasteiger partial charge in [0.2, 0.25) is 0 Å². The van der Waals surface area contributed by atoms with Gasteiger partial charge in [-0.25, -0.2) is 0 Å². The highest BCUT2D eigenvalue weighted by molar-refractivity contribution is 5.97. The molecule has 0 saturated heterocycles. The lowest BCUT2D eigenvalue weighted by Gasteiger charge is -2.07. The second-order valence-corrected chi connectivity index (χ2v) is 3.79. The lowest BCUT2D eigenvalue weighted by Crippen LogP contribution is -1.85. The second kappa shape index (κ2) is 3.95. The molecule has 82 valence electrons. The van der Waals surface area contributed by atoms with Crippen LogP contribution >= 0.6 is 0 Å². The summed E-state index contributed by atoms with van der Waals surface area (Å²) in [4.78, 5) is 0. The van der Waals surface area contributed by atoms with E-state index in [0.29, 0.717) is 11.3 Å². The van der Waals surface area contributed by atoms with Crippen LogP contribution in [0.1, 0.15) is 6.85 Å². The van der Waals surface area contributed by atoms with Gasteiger partial charge in [-0.3, -0.25) is 0 Å².